The number of rotatable bonds is 18. The van der Waals surface area contributed by atoms with Crippen LogP contribution in [0.4, 0.5) is 14.5 Å². The summed E-state index contributed by atoms with van der Waals surface area (Å²) >= 11 is 0. The van der Waals surface area contributed by atoms with E-state index in [2.05, 4.69) is 16.0 Å². The van der Waals surface area contributed by atoms with Gasteiger partial charge in [-0.25, -0.2) is 8.78 Å². The molecule has 0 aromatic heterocycles. The molecular formula is C51H60F2N4O11. The molecule has 12 atom stereocenters. The number of nitrogens with zero attached hydrogens (tertiary/aromatic N) is 1. The maximum absolute atomic E-state index is 17.7. The van der Waals surface area contributed by atoms with Gasteiger partial charge in [0.1, 0.15) is 24.9 Å². The van der Waals surface area contributed by atoms with Crippen molar-refractivity contribution in [2.45, 2.75) is 121 Å². The van der Waals surface area contributed by atoms with Crippen LogP contribution < -0.4 is 16.0 Å². The number of nitrogens with one attached hydrogen (secondary N) is 3. The summed E-state index contributed by atoms with van der Waals surface area (Å²) in [6.45, 7) is 5.67. The largest absolute Gasteiger partial charge is 0.390 e. The van der Waals surface area contributed by atoms with E-state index in [1.54, 1.807) is 49.4 Å². The lowest BCUT2D eigenvalue weighted by molar-refractivity contribution is -0.203. The molecule has 0 radical (unpaired) electrons. The first-order chi connectivity index (χ1) is 32.2. The van der Waals surface area contributed by atoms with Crippen molar-refractivity contribution in [2.24, 2.45) is 28.6 Å². The van der Waals surface area contributed by atoms with Gasteiger partial charge in [0.05, 0.1) is 18.1 Å². The summed E-state index contributed by atoms with van der Waals surface area (Å²) < 4.78 is 39.8. The van der Waals surface area contributed by atoms with Gasteiger partial charge in [-0.1, -0.05) is 55.8 Å². The lowest BCUT2D eigenvalue weighted by Crippen LogP contribution is -2.68. The van der Waals surface area contributed by atoms with Gasteiger partial charge in [-0.2, -0.15) is 0 Å². The smallest absolute Gasteiger partial charge is 0.253 e. The predicted molar refractivity (Wildman–Crippen MR) is 243 cm³/mol. The molecule has 1 aliphatic heterocycles. The highest BCUT2D eigenvalue weighted by atomic mass is 19.1. The van der Waals surface area contributed by atoms with Crippen LogP contribution in [0.25, 0.3) is 0 Å². The normalized spacial score (nSPS) is 30.7. The van der Waals surface area contributed by atoms with Crippen LogP contribution >= 0.6 is 0 Å². The summed E-state index contributed by atoms with van der Waals surface area (Å²) in [5.41, 5.74) is -2.60. The van der Waals surface area contributed by atoms with Gasteiger partial charge in [-0.05, 0) is 112 Å². The van der Waals surface area contributed by atoms with Crippen molar-refractivity contribution in [3.05, 3.63) is 101 Å². The van der Waals surface area contributed by atoms with Gasteiger partial charge in [0.2, 0.25) is 17.7 Å². The predicted octanol–water partition coefficient (Wildman–Crippen LogP) is 4.19. The molecule has 4 aliphatic carbocycles. The molecule has 364 valence electrons. The van der Waals surface area contributed by atoms with Crippen molar-refractivity contribution >= 4 is 46.8 Å². The third-order valence-electron chi connectivity index (χ3n) is 15.0. The number of allylic oxidation sites excluding steroid dienone is 4. The fraction of sp³-hybridized carbons (Fsp3) is 0.510. The second kappa shape index (κ2) is 20.1. The van der Waals surface area contributed by atoms with Crippen LogP contribution in [0, 0.1) is 28.6 Å². The van der Waals surface area contributed by atoms with E-state index in [-0.39, 0.29) is 55.5 Å². The molecule has 2 aromatic rings. The molecule has 6 N–H and O–H groups in total. The quantitative estimate of drug-likeness (QED) is 0.0706. The Labute approximate surface area is 393 Å². The minimum Gasteiger partial charge on any atom is -0.390 e. The zero-order valence-electron chi connectivity index (χ0n) is 38.6. The molecule has 5 amide bonds. The number of aliphatic hydroxyl groups excluding tert-OH is 3. The highest BCUT2D eigenvalue weighted by Gasteiger charge is 2.73. The number of imide groups is 1. The highest BCUT2D eigenvalue weighted by Crippen LogP contribution is 2.69. The average molecular weight is 943 g/mol. The molecule has 1 heterocycles. The molecule has 3 saturated carbocycles. The first-order valence-electron chi connectivity index (χ1n) is 23.3. The van der Waals surface area contributed by atoms with Crippen molar-refractivity contribution in [1.29, 1.82) is 0 Å². The van der Waals surface area contributed by atoms with Gasteiger partial charge < -0.3 is 36.0 Å². The Morgan fingerprint density at radius 2 is 1.57 bits per heavy atom. The Kier molecular flexibility index (Phi) is 14.8. The first-order valence-corrected chi connectivity index (χ1v) is 23.3. The maximum Gasteiger partial charge on any atom is 0.253 e. The van der Waals surface area contributed by atoms with Crippen molar-refractivity contribution in [3.8, 4) is 0 Å². The molecule has 0 bridgehead atoms. The van der Waals surface area contributed by atoms with Crippen molar-refractivity contribution in [1.82, 2.24) is 15.5 Å². The van der Waals surface area contributed by atoms with Crippen LogP contribution in [0.5, 0.6) is 0 Å². The number of unbranched alkanes of at least 4 members (excludes halogenated alkanes) is 2. The number of alkyl halides is 2. The van der Waals surface area contributed by atoms with E-state index in [1.807, 2.05) is 6.07 Å². The van der Waals surface area contributed by atoms with Gasteiger partial charge in [0, 0.05) is 47.7 Å². The molecular weight excluding hydrogens is 883 g/mol. The van der Waals surface area contributed by atoms with Crippen LogP contribution in [-0.2, 0) is 44.7 Å². The minimum absolute atomic E-state index is 0.0166. The fourth-order valence-corrected chi connectivity index (χ4v) is 11.5. The van der Waals surface area contributed by atoms with E-state index in [0.717, 1.165) is 22.1 Å². The molecule has 17 heteroatoms. The number of halogens is 2. The van der Waals surface area contributed by atoms with E-state index in [9.17, 15) is 48.9 Å². The zero-order chi connectivity index (χ0) is 49.3. The number of benzene rings is 2. The van der Waals surface area contributed by atoms with E-state index in [1.165, 1.54) is 45.1 Å². The Morgan fingerprint density at radius 3 is 2.26 bits per heavy atom. The number of Topliss-reactive ketones (excluding diaryl/α,β-unsaturated/α-hetero) is 1. The summed E-state index contributed by atoms with van der Waals surface area (Å²) in [6.07, 6.45) is 2.03. The zero-order valence-corrected chi connectivity index (χ0v) is 38.6. The monoisotopic (exact) mass is 942 g/mol. The fourth-order valence-electron chi connectivity index (χ4n) is 11.5. The molecule has 7 rings (SSSR count). The van der Waals surface area contributed by atoms with Crippen molar-refractivity contribution in [2.75, 3.05) is 18.5 Å². The topological polar surface area (TPSA) is 229 Å². The molecule has 3 fully saturated rings. The van der Waals surface area contributed by atoms with Crippen LogP contribution in [0.2, 0.25) is 0 Å². The Hall–Kier alpha value is -5.75. The number of hydrogen-bond acceptors (Lipinski definition) is 11. The van der Waals surface area contributed by atoms with E-state index >= 15 is 8.78 Å². The second-order valence-electron chi connectivity index (χ2n) is 19.4. The van der Waals surface area contributed by atoms with Gasteiger partial charge >= 0.3 is 0 Å². The molecule has 15 nitrogen and oxygen atoms in total. The average Bonchev–Trinajstić information content (AvgIpc) is 3.77. The number of ether oxygens (including phenoxy) is 1. The number of amides is 5. The van der Waals surface area contributed by atoms with Gasteiger partial charge in [0.15, 0.2) is 23.5 Å². The molecule has 68 heavy (non-hydrogen) atoms. The van der Waals surface area contributed by atoms with E-state index < -0.39 is 101 Å². The number of fused-ring (bicyclic) bond motifs is 5. The SMILES string of the molecule is C[C@H](NC(=O)CCCCCN1C(=O)C=CC1=O)C(=O)N[C@@H](C)C(=O)Nc1cccc(Cc2ccc([C@@H](O)O[C@@H]3C[C@H]4[C@@H]5C[C@H](F)C6=CC(=O)C=C[C@]6(C)[C@@]5(F)[C@@H](O)C[C@]4(C)[C@H]3C(=O)CO)cc2)c1. The Bertz CT molecular complexity index is 2410. The number of carbonyl (C=O) groups excluding carboxylic acids is 7. The minimum atomic E-state index is -2.37. The lowest BCUT2D eigenvalue weighted by atomic mass is 9.45. The molecule has 2 aromatic carbocycles. The number of aliphatic hydroxyl groups is 3. The van der Waals surface area contributed by atoms with Crippen LogP contribution in [0.3, 0.4) is 0 Å². The molecule has 0 unspecified atom stereocenters. The summed E-state index contributed by atoms with van der Waals surface area (Å²) in [6, 6.07) is 12.1. The first kappa shape index (κ1) is 50.1. The van der Waals surface area contributed by atoms with Crippen molar-refractivity contribution in [3.63, 3.8) is 0 Å². The highest BCUT2D eigenvalue weighted by molar-refractivity contribution is 6.12. The molecule has 0 saturated heterocycles. The number of ketones is 2. The molecule has 0 spiro atoms. The maximum atomic E-state index is 17.7. The number of hydrogen-bond donors (Lipinski definition) is 6. The third kappa shape index (κ3) is 9.75. The summed E-state index contributed by atoms with van der Waals surface area (Å²) in [5.74, 6) is -5.92. The molecule has 5 aliphatic rings. The summed E-state index contributed by atoms with van der Waals surface area (Å²) in [5, 5.41) is 41.1. The second-order valence-corrected chi connectivity index (χ2v) is 19.4. The van der Waals surface area contributed by atoms with E-state index in [0.29, 0.717) is 36.9 Å². The number of carbonyl (C=O) groups is 7. The summed E-state index contributed by atoms with van der Waals surface area (Å²) in [4.78, 5) is 88.5. The van der Waals surface area contributed by atoms with Crippen LogP contribution in [0.1, 0.15) is 95.6 Å². The van der Waals surface area contributed by atoms with Crippen LogP contribution in [-0.4, -0.2) is 111 Å². The van der Waals surface area contributed by atoms with Crippen molar-refractivity contribution < 1.29 is 62.4 Å². The Morgan fingerprint density at radius 1 is 0.882 bits per heavy atom. The van der Waals surface area contributed by atoms with Gasteiger partial charge in [0.25, 0.3) is 11.8 Å². The number of anilines is 1. The Balaban J connectivity index is 0.908. The standard InChI is InChI=1S/C51H60F2N4O11/c1-28(54-42(62)11-6-5-7-20-57-43(63)16-17-44(57)64)46(65)55-29(2)47(66)56-33-10-8-9-31(22-33)21-30-12-14-32(15-13-30)48(67)68-40-25-35-36-24-38(52)37-23-34(59)18-19-50(37,4)51(36,53)41(61)26-49(35,3)45(40)39(60)27-58/h8-10,12-19,22-23,28-29,35-36,38,40-41,45,48,58,61,67H,5-7,11,20-21,24-27H2,1-4H3,(H,54,62)(H,55,65)(H,56,66)/t28-,29-,35-,36-,38-,40+,41-,45-,48-,49-,50-,51-/m0/s1. The lowest BCUT2D eigenvalue weighted by Gasteiger charge is -2.62. The van der Waals surface area contributed by atoms with E-state index in [4.69, 9.17) is 4.74 Å². The summed E-state index contributed by atoms with van der Waals surface area (Å²) in [7, 11) is 0. The van der Waals surface area contributed by atoms with Gasteiger partial charge in [-0.15, -0.1) is 0 Å². The van der Waals surface area contributed by atoms with Gasteiger partial charge in [-0.3, -0.25) is 38.5 Å². The third-order valence-corrected chi connectivity index (χ3v) is 15.0. The van der Waals surface area contributed by atoms with Crippen LogP contribution in [0.15, 0.2) is 84.5 Å².